The lowest BCUT2D eigenvalue weighted by Gasteiger charge is -2.17. The zero-order valence-corrected chi connectivity index (χ0v) is 17.5. The number of guanidine groups is 1. The van der Waals surface area contributed by atoms with Crippen molar-refractivity contribution in [2.24, 2.45) is 4.99 Å². The third-order valence-electron chi connectivity index (χ3n) is 3.64. The number of thiophene rings is 1. The van der Waals surface area contributed by atoms with Gasteiger partial charge in [-0.2, -0.15) is 20.1 Å². The monoisotopic (exact) mass is 499 g/mol. The van der Waals surface area contributed by atoms with Gasteiger partial charge in [0.15, 0.2) is 5.96 Å². The van der Waals surface area contributed by atoms with Gasteiger partial charge in [-0.05, 0) is 40.4 Å². The van der Waals surface area contributed by atoms with Crippen molar-refractivity contribution < 1.29 is 17.9 Å². The molecule has 2 rings (SSSR count). The van der Waals surface area contributed by atoms with E-state index in [0.717, 1.165) is 0 Å². The summed E-state index contributed by atoms with van der Waals surface area (Å²) in [6.07, 6.45) is 0. The molecule has 1 heterocycles. The van der Waals surface area contributed by atoms with Crippen LogP contribution in [0.4, 0.5) is 13.2 Å². The average Bonchev–Trinajstić information content (AvgIpc) is 3.10. The topological polar surface area (TPSA) is 45.7 Å². The van der Waals surface area contributed by atoms with Gasteiger partial charge in [-0.15, -0.1) is 24.0 Å². The number of hydrogen-bond acceptors (Lipinski definition) is 3. The molecule has 0 spiro atoms. The van der Waals surface area contributed by atoms with Crippen molar-refractivity contribution in [1.82, 2.24) is 10.6 Å². The molecule has 0 radical (unpaired) electrons. The number of nitrogens with one attached hydrogen (secondary N) is 2. The number of benzene rings is 1. The fraction of sp³-hybridized carbons (Fsp3) is 0.353. The third-order valence-corrected chi connectivity index (χ3v) is 4.34. The number of nitrogens with zero attached hydrogens (tertiary/aromatic N) is 1. The van der Waals surface area contributed by atoms with Gasteiger partial charge in [-0.1, -0.05) is 13.0 Å². The molecule has 0 amide bonds. The maximum Gasteiger partial charge on any atom is 0.387 e. The zero-order chi connectivity index (χ0) is 18.2. The largest absolute Gasteiger partial charge is 0.434 e. The summed E-state index contributed by atoms with van der Waals surface area (Å²) in [6.45, 7) is -0.326. The smallest absolute Gasteiger partial charge is 0.387 e. The lowest BCUT2D eigenvalue weighted by atomic mass is 10.1. The minimum atomic E-state index is -3.01. The Labute approximate surface area is 171 Å². The lowest BCUT2D eigenvalue weighted by Crippen LogP contribution is -2.38. The molecule has 1 atom stereocenters. The summed E-state index contributed by atoms with van der Waals surface area (Å²) >= 11 is 1.63. The maximum atomic E-state index is 13.9. The fourth-order valence-corrected chi connectivity index (χ4v) is 3.01. The van der Waals surface area contributed by atoms with E-state index < -0.39 is 12.4 Å². The third kappa shape index (κ3) is 6.67. The van der Waals surface area contributed by atoms with Crippen molar-refractivity contribution in [3.8, 4) is 5.75 Å². The summed E-state index contributed by atoms with van der Waals surface area (Å²) in [5, 5.41) is 10.2. The Morgan fingerprint density at radius 2 is 2.04 bits per heavy atom. The Morgan fingerprint density at radius 3 is 2.65 bits per heavy atom. The van der Waals surface area contributed by atoms with Crippen LogP contribution in [0.1, 0.15) is 24.0 Å². The van der Waals surface area contributed by atoms with Gasteiger partial charge in [-0.25, -0.2) is 4.39 Å². The van der Waals surface area contributed by atoms with Crippen molar-refractivity contribution in [2.75, 3.05) is 13.6 Å². The van der Waals surface area contributed by atoms with Crippen LogP contribution in [0.2, 0.25) is 0 Å². The van der Waals surface area contributed by atoms with E-state index in [1.165, 1.54) is 23.8 Å². The first-order valence-electron chi connectivity index (χ1n) is 7.70. The molecule has 0 aliphatic heterocycles. The highest BCUT2D eigenvalue weighted by molar-refractivity contribution is 14.0. The van der Waals surface area contributed by atoms with Gasteiger partial charge >= 0.3 is 6.61 Å². The molecular weight excluding hydrogens is 478 g/mol. The van der Waals surface area contributed by atoms with E-state index in [0.29, 0.717) is 12.5 Å². The first-order valence-corrected chi connectivity index (χ1v) is 8.64. The Morgan fingerprint density at radius 1 is 1.27 bits per heavy atom. The number of alkyl halides is 2. The summed E-state index contributed by atoms with van der Waals surface area (Å²) in [7, 11) is 1.59. The Bertz CT molecular complexity index is 699. The standard InChI is InChI=1S/C17H20F3N3OS.HI/c1-11(12-6-7-25-10-12)8-22-17(21-2)23-9-13-14(18)4-3-5-15(13)24-16(19)20;/h3-7,10-11,16H,8-9H2,1-2H3,(H2,21,22,23);1H. The molecule has 9 heteroatoms. The van der Waals surface area contributed by atoms with E-state index in [2.05, 4.69) is 38.7 Å². The van der Waals surface area contributed by atoms with Crippen LogP contribution in [0.5, 0.6) is 5.75 Å². The van der Waals surface area contributed by atoms with E-state index in [4.69, 9.17) is 0 Å². The number of hydrogen-bond donors (Lipinski definition) is 2. The molecule has 0 bridgehead atoms. The Hall–Kier alpha value is -1.49. The van der Waals surface area contributed by atoms with Gasteiger partial charge in [0, 0.05) is 25.7 Å². The second-order valence-electron chi connectivity index (χ2n) is 5.36. The Kier molecular flexibility index (Phi) is 9.78. The molecule has 0 saturated heterocycles. The first-order chi connectivity index (χ1) is 12.0. The first kappa shape index (κ1) is 22.6. The molecule has 0 fully saturated rings. The molecule has 26 heavy (non-hydrogen) atoms. The van der Waals surface area contributed by atoms with Crippen LogP contribution >= 0.6 is 35.3 Å². The molecule has 4 nitrogen and oxygen atoms in total. The van der Waals surface area contributed by atoms with E-state index in [1.807, 2.05) is 5.38 Å². The van der Waals surface area contributed by atoms with Crippen LogP contribution in [0, 0.1) is 5.82 Å². The molecule has 1 unspecified atom stereocenters. The van der Waals surface area contributed by atoms with Crippen LogP contribution < -0.4 is 15.4 Å². The van der Waals surface area contributed by atoms with Gasteiger partial charge in [0.1, 0.15) is 11.6 Å². The number of rotatable bonds is 7. The van der Waals surface area contributed by atoms with Gasteiger partial charge < -0.3 is 15.4 Å². The quantitative estimate of drug-likeness (QED) is 0.333. The van der Waals surface area contributed by atoms with Crippen LogP contribution in [-0.2, 0) is 6.54 Å². The van der Waals surface area contributed by atoms with E-state index >= 15 is 0 Å². The van der Waals surface area contributed by atoms with Crippen LogP contribution in [0.25, 0.3) is 0 Å². The van der Waals surface area contributed by atoms with Crippen LogP contribution in [0.15, 0.2) is 40.0 Å². The summed E-state index contributed by atoms with van der Waals surface area (Å²) in [4.78, 5) is 4.06. The zero-order valence-electron chi connectivity index (χ0n) is 14.3. The predicted octanol–water partition coefficient (Wildman–Crippen LogP) is 4.58. The fourth-order valence-electron chi connectivity index (χ4n) is 2.23. The highest BCUT2D eigenvalue weighted by Gasteiger charge is 2.14. The molecule has 0 aliphatic rings. The van der Waals surface area contributed by atoms with Crippen molar-refractivity contribution in [1.29, 1.82) is 0 Å². The van der Waals surface area contributed by atoms with Crippen molar-refractivity contribution >= 4 is 41.3 Å². The normalized spacial score (nSPS) is 12.5. The number of halogens is 4. The van der Waals surface area contributed by atoms with Crippen molar-refractivity contribution in [3.05, 3.63) is 52.0 Å². The molecular formula is C17H21F3IN3OS. The highest BCUT2D eigenvalue weighted by atomic mass is 127. The van der Waals surface area contributed by atoms with Gasteiger partial charge in [0.2, 0.25) is 0 Å². The molecule has 1 aromatic heterocycles. The number of aliphatic imine (C=N–C) groups is 1. The van der Waals surface area contributed by atoms with Crippen molar-refractivity contribution in [2.45, 2.75) is 26.0 Å². The lowest BCUT2D eigenvalue weighted by molar-refractivity contribution is -0.0506. The molecule has 1 aromatic carbocycles. The second-order valence-corrected chi connectivity index (χ2v) is 6.14. The van der Waals surface area contributed by atoms with E-state index in [-0.39, 0.29) is 47.8 Å². The van der Waals surface area contributed by atoms with E-state index in [9.17, 15) is 13.2 Å². The molecule has 2 N–H and O–H groups in total. The summed E-state index contributed by atoms with van der Waals surface area (Å²) in [5.74, 6) is -0.0818. The number of ether oxygens (including phenoxy) is 1. The maximum absolute atomic E-state index is 13.9. The van der Waals surface area contributed by atoms with Crippen LogP contribution in [-0.4, -0.2) is 26.2 Å². The SMILES string of the molecule is CN=C(NCc1c(F)cccc1OC(F)F)NCC(C)c1ccsc1.I. The summed E-state index contributed by atoms with van der Waals surface area (Å²) in [5.41, 5.74) is 1.24. The molecule has 2 aromatic rings. The van der Waals surface area contributed by atoms with Gasteiger partial charge in [0.25, 0.3) is 0 Å². The summed E-state index contributed by atoms with van der Waals surface area (Å²) in [6, 6.07) is 5.89. The van der Waals surface area contributed by atoms with Gasteiger partial charge in [0.05, 0.1) is 0 Å². The molecule has 0 aliphatic carbocycles. The van der Waals surface area contributed by atoms with Crippen molar-refractivity contribution in [3.63, 3.8) is 0 Å². The van der Waals surface area contributed by atoms with Crippen LogP contribution in [0.3, 0.4) is 0 Å². The average molecular weight is 499 g/mol. The van der Waals surface area contributed by atoms with E-state index in [1.54, 1.807) is 18.4 Å². The molecule has 0 saturated carbocycles. The molecule has 144 valence electrons. The minimum absolute atomic E-state index is 0. The predicted molar refractivity (Wildman–Crippen MR) is 109 cm³/mol. The minimum Gasteiger partial charge on any atom is -0.434 e. The second kappa shape index (κ2) is 11.3. The summed E-state index contributed by atoms with van der Waals surface area (Å²) < 4.78 is 43.2. The highest BCUT2D eigenvalue weighted by Crippen LogP contribution is 2.23. The van der Waals surface area contributed by atoms with Gasteiger partial charge in [-0.3, -0.25) is 4.99 Å². The Balaban J connectivity index is 0.00000338.